The Labute approximate surface area is 175 Å². The van der Waals surface area contributed by atoms with Gasteiger partial charge in [-0.2, -0.15) is 0 Å². The molecule has 1 fully saturated rings. The van der Waals surface area contributed by atoms with E-state index in [9.17, 15) is 4.79 Å². The van der Waals surface area contributed by atoms with Gasteiger partial charge in [-0.25, -0.2) is 0 Å². The summed E-state index contributed by atoms with van der Waals surface area (Å²) in [6.07, 6.45) is 0.312. The quantitative estimate of drug-likeness (QED) is 0.689. The van der Waals surface area contributed by atoms with Crippen LogP contribution in [0.5, 0.6) is 5.75 Å². The number of piperazine rings is 1. The monoisotopic (exact) mass is 445 g/mol. The summed E-state index contributed by atoms with van der Waals surface area (Å²) in [7, 11) is 0. The Morgan fingerprint density at radius 3 is 2.61 bits per heavy atom. The smallest absolute Gasteiger partial charge is 0.227 e. The minimum atomic E-state index is -0.0394. The number of hydrogen-bond acceptors (Lipinski definition) is 4. The van der Waals surface area contributed by atoms with Crippen LogP contribution in [0.4, 0.5) is 11.4 Å². The molecule has 0 spiro atoms. The van der Waals surface area contributed by atoms with Crippen molar-refractivity contribution in [3.63, 3.8) is 0 Å². The van der Waals surface area contributed by atoms with Crippen molar-refractivity contribution in [2.24, 2.45) is 0 Å². The van der Waals surface area contributed by atoms with Gasteiger partial charge in [0.1, 0.15) is 5.75 Å². The van der Waals surface area contributed by atoms with Crippen molar-refractivity contribution >= 4 is 33.2 Å². The Balaban J connectivity index is 1.49. The Bertz CT molecular complexity index is 804. The average Bonchev–Trinajstić information content (AvgIpc) is 2.70. The summed E-state index contributed by atoms with van der Waals surface area (Å²) in [5.74, 6) is 0.716. The maximum Gasteiger partial charge on any atom is 0.227 e. The van der Waals surface area contributed by atoms with Crippen molar-refractivity contribution in [1.29, 1.82) is 0 Å². The molecule has 0 unspecified atom stereocenters. The standard InChI is InChI=1S/C22H28BrN3O2/c1-3-25-10-12-26(13-11-25)19-7-8-21(17(2)15-19)24-22(27)9-14-28-20-6-4-5-18(23)16-20/h4-8,15-16H,3,9-14H2,1-2H3,(H,24,27). The van der Waals surface area contributed by atoms with Gasteiger partial charge in [-0.3, -0.25) is 4.79 Å². The number of benzene rings is 2. The Hall–Kier alpha value is -2.05. The molecule has 28 heavy (non-hydrogen) atoms. The molecule has 150 valence electrons. The number of anilines is 2. The first kappa shape index (κ1) is 20.7. The van der Waals surface area contributed by atoms with Gasteiger partial charge >= 0.3 is 0 Å². The highest BCUT2D eigenvalue weighted by Gasteiger charge is 2.16. The number of nitrogens with zero attached hydrogens (tertiary/aromatic N) is 2. The van der Waals surface area contributed by atoms with Crippen LogP contribution in [0, 0.1) is 6.92 Å². The molecule has 1 amide bonds. The number of amides is 1. The molecule has 0 aliphatic carbocycles. The van der Waals surface area contributed by atoms with E-state index in [0.29, 0.717) is 13.0 Å². The number of likely N-dealkylation sites (N-methyl/N-ethyl adjacent to an activating group) is 1. The molecule has 2 aromatic rings. The lowest BCUT2D eigenvalue weighted by Gasteiger charge is -2.35. The first-order valence-electron chi connectivity index (χ1n) is 9.81. The normalized spacial score (nSPS) is 14.8. The molecule has 1 heterocycles. The average molecular weight is 446 g/mol. The molecule has 0 bridgehead atoms. The largest absolute Gasteiger partial charge is 0.493 e. The summed E-state index contributed by atoms with van der Waals surface area (Å²) >= 11 is 3.41. The van der Waals surface area contributed by atoms with Crippen LogP contribution in [-0.4, -0.2) is 50.1 Å². The molecule has 0 radical (unpaired) electrons. The number of aryl methyl sites for hydroxylation is 1. The highest BCUT2D eigenvalue weighted by molar-refractivity contribution is 9.10. The molecule has 1 aliphatic heterocycles. The molecule has 2 aromatic carbocycles. The lowest BCUT2D eigenvalue weighted by atomic mass is 10.1. The van der Waals surface area contributed by atoms with E-state index in [0.717, 1.165) is 54.2 Å². The highest BCUT2D eigenvalue weighted by Crippen LogP contribution is 2.24. The van der Waals surface area contributed by atoms with E-state index in [1.54, 1.807) is 0 Å². The summed E-state index contributed by atoms with van der Waals surface area (Å²) in [5.41, 5.74) is 3.17. The summed E-state index contributed by atoms with van der Waals surface area (Å²) < 4.78 is 6.60. The van der Waals surface area contributed by atoms with Gasteiger partial charge in [0.15, 0.2) is 0 Å². The first-order valence-corrected chi connectivity index (χ1v) is 10.6. The van der Waals surface area contributed by atoms with E-state index >= 15 is 0 Å². The van der Waals surface area contributed by atoms with Crippen molar-refractivity contribution in [1.82, 2.24) is 4.90 Å². The van der Waals surface area contributed by atoms with Gasteiger partial charge in [-0.1, -0.05) is 28.9 Å². The van der Waals surface area contributed by atoms with Crippen LogP contribution in [-0.2, 0) is 4.79 Å². The van der Waals surface area contributed by atoms with E-state index in [2.05, 4.69) is 50.1 Å². The number of carbonyl (C=O) groups excluding carboxylic acids is 1. The molecule has 1 aliphatic rings. The van der Waals surface area contributed by atoms with Gasteiger partial charge in [0.05, 0.1) is 13.0 Å². The molecular formula is C22H28BrN3O2. The number of carbonyl (C=O) groups is 1. The number of hydrogen-bond donors (Lipinski definition) is 1. The van der Waals surface area contributed by atoms with Crippen molar-refractivity contribution in [2.45, 2.75) is 20.3 Å². The van der Waals surface area contributed by atoms with Gasteiger partial charge in [0, 0.05) is 42.0 Å². The van der Waals surface area contributed by atoms with E-state index in [4.69, 9.17) is 4.74 Å². The third-order valence-corrected chi connectivity index (χ3v) is 5.56. The molecule has 0 atom stereocenters. The van der Waals surface area contributed by atoms with Gasteiger partial charge in [0.25, 0.3) is 0 Å². The third kappa shape index (κ3) is 5.72. The SMILES string of the molecule is CCN1CCN(c2ccc(NC(=O)CCOc3cccc(Br)c3)c(C)c2)CC1. The summed E-state index contributed by atoms with van der Waals surface area (Å²) in [6, 6.07) is 13.9. The fraction of sp³-hybridized carbons (Fsp3) is 0.409. The van der Waals surface area contributed by atoms with Crippen LogP contribution >= 0.6 is 15.9 Å². The molecule has 0 aromatic heterocycles. The zero-order valence-corrected chi connectivity index (χ0v) is 18.2. The fourth-order valence-corrected chi connectivity index (χ4v) is 3.72. The number of ether oxygens (including phenoxy) is 1. The molecule has 3 rings (SSSR count). The number of halogens is 1. The topological polar surface area (TPSA) is 44.8 Å². The highest BCUT2D eigenvalue weighted by atomic mass is 79.9. The summed E-state index contributed by atoms with van der Waals surface area (Å²) in [5, 5.41) is 3.00. The van der Waals surface area contributed by atoms with Crippen LogP contribution in [0.1, 0.15) is 18.9 Å². The van der Waals surface area contributed by atoms with Crippen molar-refractivity contribution < 1.29 is 9.53 Å². The molecule has 6 heteroatoms. The van der Waals surface area contributed by atoms with E-state index in [1.807, 2.05) is 37.3 Å². The third-order valence-electron chi connectivity index (χ3n) is 5.06. The molecule has 0 saturated carbocycles. The summed E-state index contributed by atoms with van der Waals surface area (Å²) in [4.78, 5) is 17.1. The van der Waals surface area contributed by atoms with Crippen molar-refractivity contribution in [3.05, 3.63) is 52.5 Å². The van der Waals surface area contributed by atoms with Crippen LogP contribution in [0.2, 0.25) is 0 Å². The Kier molecular flexibility index (Phi) is 7.34. The van der Waals surface area contributed by atoms with Gasteiger partial charge in [-0.05, 0) is 55.4 Å². The lowest BCUT2D eigenvalue weighted by Crippen LogP contribution is -2.46. The minimum absolute atomic E-state index is 0.0394. The second-order valence-electron chi connectivity index (χ2n) is 7.02. The number of nitrogens with one attached hydrogen (secondary N) is 1. The van der Waals surface area contributed by atoms with E-state index < -0.39 is 0 Å². The maximum atomic E-state index is 12.3. The van der Waals surface area contributed by atoms with Gasteiger partial charge in [0.2, 0.25) is 5.91 Å². The van der Waals surface area contributed by atoms with Crippen molar-refractivity contribution in [2.75, 3.05) is 49.5 Å². The fourth-order valence-electron chi connectivity index (χ4n) is 3.34. The Morgan fingerprint density at radius 2 is 1.93 bits per heavy atom. The second-order valence-corrected chi connectivity index (χ2v) is 7.94. The van der Waals surface area contributed by atoms with E-state index in [1.165, 1.54) is 5.69 Å². The van der Waals surface area contributed by atoms with Crippen LogP contribution in [0.25, 0.3) is 0 Å². The zero-order chi connectivity index (χ0) is 19.9. The first-order chi connectivity index (χ1) is 13.5. The Morgan fingerprint density at radius 1 is 1.14 bits per heavy atom. The molecular weight excluding hydrogens is 418 g/mol. The molecule has 5 nitrogen and oxygen atoms in total. The maximum absolute atomic E-state index is 12.3. The minimum Gasteiger partial charge on any atom is -0.493 e. The van der Waals surface area contributed by atoms with E-state index in [-0.39, 0.29) is 5.91 Å². The van der Waals surface area contributed by atoms with Crippen LogP contribution in [0.3, 0.4) is 0 Å². The molecule has 1 saturated heterocycles. The second kappa shape index (κ2) is 9.94. The number of rotatable bonds is 7. The van der Waals surface area contributed by atoms with Crippen LogP contribution in [0.15, 0.2) is 46.9 Å². The lowest BCUT2D eigenvalue weighted by molar-refractivity contribution is -0.116. The predicted octanol–water partition coefficient (Wildman–Crippen LogP) is 4.31. The van der Waals surface area contributed by atoms with Gasteiger partial charge < -0.3 is 19.9 Å². The van der Waals surface area contributed by atoms with Crippen molar-refractivity contribution in [3.8, 4) is 5.75 Å². The predicted molar refractivity (Wildman–Crippen MR) is 118 cm³/mol. The molecule has 1 N–H and O–H groups in total. The van der Waals surface area contributed by atoms with Gasteiger partial charge in [-0.15, -0.1) is 0 Å². The zero-order valence-electron chi connectivity index (χ0n) is 16.6. The summed E-state index contributed by atoms with van der Waals surface area (Å²) in [6.45, 7) is 10.0. The van der Waals surface area contributed by atoms with Crippen LogP contribution < -0.4 is 15.0 Å².